The first-order chi connectivity index (χ1) is 7.27. The number of aryl methyl sites for hydroxylation is 1. The van der Waals surface area contributed by atoms with Crippen molar-refractivity contribution in [3.05, 3.63) is 35.4 Å². The Bertz CT molecular complexity index is 301. The normalized spacial score (nSPS) is 19.3. The van der Waals surface area contributed by atoms with Gasteiger partial charge in [0, 0.05) is 0 Å². The summed E-state index contributed by atoms with van der Waals surface area (Å²) in [6.45, 7) is 4.49. The summed E-state index contributed by atoms with van der Waals surface area (Å²) in [5.74, 6) is 0. The molecule has 0 heteroatoms. The first kappa shape index (κ1) is 10.7. The third kappa shape index (κ3) is 2.09. The average Bonchev–Trinajstić information content (AvgIpc) is 2.69. The summed E-state index contributed by atoms with van der Waals surface area (Å²) < 4.78 is 0. The van der Waals surface area contributed by atoms with Gasteiger partial charge in [-0.15, -0.1) is 0 Å². The Morgan fingerprint density at radius 1 is 1.07 bits per heavy atom. The Labute approximate surface area is 93.7 Å². The minimum atomic E-state index is 0.530. The van der Waals surface area contributed by atoms with Crippen molar-refractivity contribution in [1.29, 1.82) is 0 Å². The monoisotopic (exact) mass is 202 g/mol. The Kier molecular flexibility index (Phi) is 3.14. The van der Waals surface area contributed by atoms with Crippen LogP contribution in [0, 0.1) is 6.92 Å². The van der Waals surface area contributed by atoms with Gasteiger partial charge in [0.15, 0.2) is 0 Å². The first-order valence-electron chi connectivity index (χ1n) is 6.34. The number of hydrogen-bond donors (Lipinski definition) is 0. The number of benzene rings is 1. The molecule has 1 aromatic carbocycles. The Hall–Kier alpha value is -0.780. The largest absolute Gasteiger partial charge is 0.0654 e. The van der Waals surface area contributed by atoms with Gasteiger partial charge >= 0.3 is 0 Å². The van der Waals surface area contributed by atoms with E-state index in [1.807, 2.05) is 0 Å². The lowest BCUT2D eigenvalue weighted by Crippen LogP contribution is -2.21. The van der Waals surface area contributed by atoms with Crippen molar-refractivity contribution in [2.45, 2.75) is 57.8 Å². The van der Waals surface area contributed by atoms with Crippen LogP contribution in [0.15, 0.2) is 24.3 Å². The molecule has 15 heavy (non-hydrogen) atoms. The summed E-state index contributed by atoms with van der Waals surface area (Å²) in [4.78, 5) is 0. The predicted molar refractivity (Wildman–Crippen MR) is 66.2 cm³/mol. The lowest BCUT2D eigenvalue weighted by atomic mass is 9.75. The Morgan fingerprint density at radius 2 is 1.67 bits per heavy atom. The van der Waals surface area contributed by atoms with Crippen LogP contribution in [-0.2, 0) is 5.41 Å². The average molecular weight is 202 g/mol. The summed E-state index contributed by atoms with van der Waals surface area (Å²) in [5.41, 5.74) is 3.50. The molecule has 0 bridgehead atoms. The van der Waals surface area contributed by atoms with E-state index in [1.165, 1.54) is 44.1 Å². The van der Waals surface area contributed by atoms with Crippen LogP contribution in [0.2, 0.25) is 0 Å². The van der Waals surface area contributed by atoms with Gasteiger partial charge in [0.25, 0.3) is 0 Å². The van der Waals surface area contributed by atoms with E-state index >= 15 is 0 Å². The molecule has 0 radical (unpaired) electrons. The van der Waals surface area contributed by atoms with Crippen LogP contribution in [0.25, 0.3) is 0 Å². The second kappa shape index (κ2) is 4.38. The highest BCUT2D eigenvalue weighted by Gasteiger charge is 2.34. The van der Waals surface area contributed by atoms with Gasteiger partial charge in [-0.3, -0.25) is 0 Å². The molecule has 1 aliphatic carbocycles. The molecule has 0 aromatic heterocycles. The fraction of sp³-hybridized carbons (Fsp3) is 0.600. The zero-order valence-corrected chi connectivity index (χ0v) is 10.1. The number of hydrogen-bond acceptors (Lipinski definition) is 0. The summed E-state index contributed by atoms with van der Waals surface area (Å²) in [6, 6.07) is 9.25. The predicted octanol–water partition coefficient (Wildman–Crippen LogP) is 4.61. The molecular formula is C15H22. The molecule has 0 nitrogen and oxygen atoms in total. The van der Waals surface area contributed by atoms with Crippen LogP contribution in [0.1, 0.15) is 56.6 Å². The van der Waals surface area contributed by atoms with E-state index in [2.05, 4.69) is 38.1 Å². The van der Waals surface area contributed by atoms with E-state index in [9.17, 15) is 0 Å². The van der Waals surface area contributed by atoms with Crippen LogP contribution in [-0.4, -0.2) is 0 Å². The van der Waals surface area contributed by atoms with Crippen LogP contribution in [0.5, 0.6) is 0 Å². The van der Waals surface area contributed by atoms with Gasteiger partial charge in [-0.25, -0.2) is 0 Å². The maximum absolute atomic E-state index is 2.36. The SMILES string of the molecule is CCCC1(c2ccc(C)cc2)CCCC1. The molecule has 0 N–H and O–H groups in total. The van der Waals surface area contributed by atoms with Gasteiger partial charge in [0.2, 0.25) is 0 Å². The van der Waals surface area contributed by atoms with Crippen LogP contribution in [0.4, 0.5) is 0 Å². The van der Waals surface area contributed by atoms with E-state index in [-0.39, 0.29) is 0 Å². The molecule has 82 valence electrons. The molecule has 0 spiro atoms. The van der Waals surface area contributed by atoms with Gasteiger partial charge < -0.3 is 0 Å². The van der Waals surface area contributed by atoms with Gasteiger partial charge in [0.05, 0.1) is 0 Å². The van der Waals surface area contributed by atoms with Crippen molar-refractivity contribution in [3.8, 4) is 0 Å². The minimum Gasteiger partial charge on any atom is -0.0654 e. The molecule has 0 saturated heterocycles. The van der Waals surface area contributed by atoms with E-state index in [4.69, 9.17) is 0 Å². The smallest absolute Gasteiger partial charge is 0.00471 e. The van der Waals surface area contributed by atoms with E-state index < -0.39 is 0 Å². The second-order valence-corrected chi connectivity index (χ2v) is 5.10. The number of rotatable bonds is 3. The maximum Gasteiger partial charge on any atom is -0.00471 e. The summed E-state index contributed by atoms with van der Waals surface area (Å²) in [7, 11) is 0. The van der Waals surface area contributed by atoms with Crippen molar-refractivity contribution in [2.24, 2.45) is 0 Å². The lowest BCUT2D eigenvalue weighted by molar-refractivity contribution is 0.401. The van der Waals surface area contributed by atoms with Crippen molar-refractivity contribution < 1.29 is 0 Å². The van der Waals surface area contributed by atoms with Gasteiger partial charge in [-0.05, 0) is 37.2 Å². The third-order valence-corrected chi connectivity index (χ3v) is 3.95. The molecule has 0 atom stereocenters. The molecule has 0 unspecified atom stereocenters. The molecule has 2 rings (SSSR count). The zero-order valence-electron chi connectivity index (χ0n) is 10.1. The van der Waals surface area contributed by atoms with Crippen molar-refractivity contribution in [2.75, 3.05) is 0 Å². The standard InChI is InChI=1S/C15H22/c1-3-10-15(11-4-5-12-15)14-8-6-13(2)7-9-14/h6-9H,3-5,10-12H2,1-2H3. The van der Waals surface area contributed by atoms with E-state index in [0.29, 0.717) is 5.41 Å². The van der Waals surface area contributed by atoms with Crippen molar-refractivity contribution >= 4 is 0 Å². The van der Waals surface area contributed by atoms with Crippen molar-refractivity contribution in [3.63, 3.8) is 0 Å². The highest BCUT2D eigenvalue weighted by atomic mass is 14.4. The van der Waals surface area contributed by atoms with Crippen molar-refractivity contribution in [1.82, 2.24) is 0 Å². The topological polar surface area (TPSA) is 0 Å². The summed E-state index contributed by atoms with van der Waals surface area (Å²) in [6.07, 6.45) is 8.35. The lowest BCUT2D eigenvalue weighted by Gasteiger charge is -2.29. The fourth-order valence-electron chi connectivity index (χ4n) is 3.12. The molecule has 0 amide bonds. The molecule has 1 saturated carbocycles. The van der Waals surface area contributed by atoms with E-state index in [0.717, 1.165) is 0 Å². The Morgan fingerprint density at radius 3 is 2.20 bits per heavy atom. The second-order valence-electron chi connectivity index (χ2n) is 5.10. The van der Waals surface area contributed by atoms with E-state index in [1.54, 1.807) is 5.56 Å². The van der Waals surface area contributed by atoms with Crippen LogP contribution < -0.4 is 0 Å². The molecule has 1 aromatic rings. The van der Waals surface area contributed by atoms with Gasteiger partial charge in [-0.1, -0.05) is 56.0 Å². The minimum absolute atomic E-state index is 0.530. The zero-order chi connectivity index (χ0) is 10.7. The first-order valence-corrected chi connectivity index (χ1v) is 6.34. The molecule has 1 aliphatic rings. The fourth-order valence-corrected chi connectivity index (χ4v) is 3.12. The van der Waals surface area contributed by atoms with Crippen LogP contribution >= 0.6 is 0 Å². The quantitative estimate of drug-likeness (QED) is 0.671. The van der Waals surface area contributed by atoms with Crippen LogP contribution in [0.3, 0.4) is 0 Å². The third-order valence-electron chi connectivity index (χ3n) is 3.95. The Balaban J connectivity index is 2.28. The molecular weight excluding hydrogens is 180 g/mol. The highest BCUT2D eigenvalue weighted by molar-refractivity contribution is 5.29. The summed E-state index contributed by atoms with van der Waals surface area (Å²) in [5, 5.41) is 0. The van der Waals surface area contributed by atoms with Gasteiger partial charge in [0.1, 0.15) is 0 Å². The molecule has 1 fully saturated rings. The highest BCUT2D eigenvalue weighted by Crippen LogP contribution is 2.44. The maximum atomic E-state index is 2.36. The van der Waals surface area contributed by atoms with Gasteiger partial charge in [-0.2, -0.15) is 0 Å². The summed E-state index contributed by atoms with van der Waals surface area (Å²) >= 11 is 0. The molecule has 0 aliphatic heterocycles. The molecule has 0 heterocycles.